The van der Waals surface area contributed by atoms with Gasteiger partial charge in [0.25, 0.3) is 0 Å². The molecule has 3 aromatic rings. The van der Waals surface area contributed by atoms with E-state index in [2.05, 4.69) is 19.9 Å². The second-order valence-corrected chi connectivity index (χ2v) is 7.85. The molecule has 7 heteroatoms. The Hall–Kier alpha value is -2.41. The number of rotatable bonds is 5. The summed E-state index contributed by atoms with van der Waals surface area (Å²) in [6.07, 6.45) is 0. The number of nitrogens with one attached hydrogen (secondary N) is 1. The summed E-state index contributed by atoms with van der Waals surface area (Å²) in [5, 5.41) is 0.364. The van der Waals surface area contributed by atoms with E-state index in [4.69, 9.17) is 0 Å². The summed E-state index contributed by atoms with van der Waals surface area (Å²) in [7, 11) is 1.79. The summed E-state index contributed by atoms with van der Waals surface area (Å²) in [5.74, 6) is 0.805. The Balaban J connectivity index is 1.68. The van der Waals surface area contributed by atoms with E-state index in [1.54, 1.807) is 11.9 Å². The minimum Gasteiger partial charge on any atom is -0.340 e. The number of aromatic amines is 1. The van der Waals surface area contributed by atoms with Crippen LogP contribution >= 0.6 is 11.8 Å². The van der Waals surface area contributed by atoms with Gasteiger partial charge in [-0.3, -0.25) is 4.79 Å². The van der Waals surface area contributed by atoms with Gasteiger partial charge in [0.15, 0.2) is 5.16 Å². The molecule has 0 bridgehead atoms. The topological polar surface area (TPSA) is 74.8 Å². The van der Waals surface area contributed by atoms with Crippen LogP contribution in [0, 0.1) is 20.8 Å². The number of benzene rings is 1. The van der Waals surface area contributed by atoms with Crippen LogP contribution in [-0.4, -0.2) is 43.0 Å². The van der Waals surface area contributed by atoms with E-state index in [1.165, 1.54) is 11.8 Å². The lowest BCUT2D eigenvalue weighted by Gasteiger charge is -2.19. The van der Waals surface area contributed by atoms with Crippen LogP contribution in [0.3, 0.4) is 0 Å². The van der Waals surface area contributed by atoms with E-state index >= 15 is 0 Å². The Morgan fingerprint density at radius 3 is 2.54 bits per heavy atom. The molecule has 0 aliphatic carbocycles. The van der Waals surface area contributed by atoms with Crippen LogP contribution in [-0.2, 0) is 11.3 Å². The van der Waals surface area contributed by atoms with Crippen molar-refractivity contribution in [2.24, 2.45) is 0 Å². The van der Waals surface area contributed by atoms with E-state index in [1.807, 2.05) is 52.0 Å². The largest absolute Gasteiger partial charge is 0.340 e. The van der Waals surface area contributed by atoms with Crippen LogP contribution in [0.5, 0.6) is 0 Å². The van der Waals surface area contributed by atoms with Crippen molar-refractivity contribution in [1.82, 2.24) is 24.8 Å². The molecule has 2 heterocycles. The zero-order chi connectivity index (χ0) is 18.8. The maximum atomic E-state index is 12.7. The number of hydrogen-bond donors (Lipinski definition) is 1. The van der Waals surface area contributed by atoms with Crippen molar-refractivity contribution in [1.29, 1.82) is 0 Å². The highest BCUT2D eigenvalue weighted by molar-refractivity contribution is 8.00. The van der Waals surface area contributed by atoms with Gasteiger partial charge >= 0.3 is 0 Å². The number of aryl methyl sites for hydroxylation is 3. The third-order valence-electron chi connectivity index (χ3n) is 4.12. The van der Waals surface area contributed by atoms with E-state index in [0.717, 1.165) is 33.8 Å². The van der Waals surface area contributed by atoms with Crippen LogP contribution < -0.4 is 0 Å². The second-order valence-electron chi connectivity index (χ2n) is 6.54. The van der Waals surface area contributed by atoms with Gasteiger partial charge in [0.05, 0.1) is 22.8 Å². The lowest BCUT2D eigenvalue weighted by Crippen LogP contribution is -2.33. The average molecular weight is 369 g/mol. The molecular weight excluding hydrogens is 346 g/mol. The fourth-order valence-electron chi connectivity index (χ4n) is 2.87. The maximum Gasteiger partial charge on any atom is 0.236 e. The van der Waals surface area contributed by atoms with Crippen molar-refractivity contribution in [2.45, 2.75) is 44.6 Å². The molecule has 0 aliphatic rings. The number of carbonyl (C=O) groups is 1. The van der Waals surface area contributed by atoms with Crippen LogP contribution in [0.15, 0.2) is 29.4 Å². The lowest BCUT2D eigenvalue weighted by atomic mass is 10.2. The van der Waals surface area contributed by atoms with Gasteiger partial charge in [-0.1, -0.05) is 23.9 Å². The van der Waals surface area contributed by atoms with Gasteiger partial charge in [-0.2, -0.15) is 0 Å². The highest BCUT2D eigenvalue weighted by atomic mass is 32.2. The molecule has 136 valence electrons. The third kappa shape index (κ3) is 4.04. The molecule has 0 aliphatic heterocycles. The SMILES string of the molecule is Cc1cc(C)nc(SC(C)C(=O)N(C)Cc2nc3c(C)cccc3[nH]2)n1. The number of para-hydroxylation sites is 1. The summed E-state index contributed by atoms with van der Waals surface area (Å²) < 4.78 is 0. The summed E-state index contributed by atoms with van der Waals surface area (Å²) >= 11 is 1.38. The summed E-state index contributed by atoms with van der Waals surface area (Å²) in [4.78, 5) is 31.1. The first-order valence-corrected chi connectivity index (χ1v) is 9.39. The van der Waals surface area contributed by atoms with E-state index < -0.39 is 0 Å². The van der Waals surface area contributed by atoms with Crippen molar-refractivity contribution < 1.29 is 4.79 Å². The molecular formula is C19H23N5OS. The van der Waals surface area contributed by atoms with Crippen molar-refractivity contribution in [3.8, 4) is 0 Å². The van der Waals surface area contributed by atoms with E-state index in [-0.39, 0.29) is 11.2 Å². The fraction of sp³-hybridized carbons (Fsp3) is 0.368. The molecule has 0 saturated heterocycles. The predicted molar refractivity (Wildman–Crippen MR) is 104 cm³/mol. The number of imidazole rings is 1. The van der Waals surface area contributed by atoms with Gasteiger partial charge in [0, 0.05) is 18.4 Å². The Bertz CT molecular complexity index is 932. The number of fused-ring (bicyclic) bond motifs is 1. The molecule has 0 spiro atoms. The normalized spacial score (nSPS) is 12.3. The number of carbonyl (C=O) groups excluding carboxylic acids is 1. The first kappa shape index (κ1) is 18.4. The maximum absolute atomic E-state index is 12.7. The molecule has 1 unspecified atom stereocenters. The van der Waals surface area contributed by atoms with Gasteiger partial charge in [-0.05, 0) is 45.4 Å². The van der Waals surface area contributed by atoms with Gasteiger partial charge in [0.2, 0.25) is 5.91 Å². The number of amides is 1. The van der Waals surface area contributed by atoms with Gasteiger partial charge < -0.3 is 9.88 Å². The summed E-state index contributed by atoms with van der Waals surface area (Å²) in [6, 6.07) is 7.95. The molecule has 26 heavy (non-hydrogen) atoms. The molecule has 1 aromatic carbocycles. The standard InChI is InChI=1S/C19H23N5OS/c1-11-7-6-8-15-17(11)23-16(22-15)10-24(5)18(25)14(4)26-19-20-12(2)9-13(3)21-19/h6-9,14H,10H2,1-5H3,(H,22,23). The van der Waals surface area contributed by atoms with E-state index in [0.29, 0.717) is 11.7 Å². The smallest absolute Gasteiger partial charge is 0.236 e. The monoisotopic (exact) mass is 369 g/mol. The summed E-state index contributed by atoms with van der Waals surface area (Å²) in [6.45, 7) is 8.21. The molecule has 2 aromatic heterocycles. The molecule has 1 N–H and O–H groups in total. The highest BCUT2D eigenvalue weighted by Gasteiger charge is 2.21. The molecule has 0 radical (unpaired) electrons. The van der Waals surface area contributed by atoms with Crippen molar-refractivity contribution in [3.05, 3.63) is 47.0 Å². The van der Waals surface area contributed by atoms with Crippen LogP contribution in [0.2, 0.25) is 0 Å². The predicted octanol–water partition coefficient (Wildman–Crippen LogP) is 3.42. The Morgan fingerprint density at radius 2 is 1.88 bits per heavy atom. The zero-order valence-corrected chi connectivity index (χ0v) is 16.5. The lowest BCUT2D eigenvalue weighted by molar-refractivity contribution is -0.129. The van der Waals surface area contributed by atoms with Crippen molar-refractivity contribution in [3.63, 3.8) is 0 Å². The highest BCUT2D eigenvalue weighted by Crippen LogP contribution is 2.22. The van der Waals surface area contributed by atoms with Gasteiger partial charge in [0.1, 0.15) is 5.82 Å². The molecule has 3 rings (SSSR count). The number of thioether (sulfide) groups is 1. The minimum absolute atomic E-state index is 0.0231. The average Bonchev–Trinajstić information content (AvgIpc) is 2.97. The fourth-order valence-corrected chi connectivity index (χ4v) is 3.86. The first-order chi connectivity index (χ1) is 12.3. The van der Waals surface area contributed by atoms with Crippen molar-refractivity contribution in [2.75, 3.05) is 7.05 Å². The zero-order valence-electron chi connectivity index (χ0n) is 15.7. The quantitative estimate of drug-likeness (QED) is 0.551. The number of H-pyrrole nitrogens is 1. The summed E-state index contributed by atoms with van der Waals surface area (Å²) in [5.41, 5.74) is 4.88. The molecule has 1 amide bonds. The Labute approximate surface area is 157 Å². The molecule has 0 fully saturated rings. The third-order valence-corrected chi connectivity index (χ3v) is 5.07. The second kappa shape index (κ2) is 7.45. The van der Waals surface area contributed by atoms with Gasteiger partial charge in [-0.15, -0.1) is 0 Å². The Kier molecular flexibility index (Phi) is 5.27. The number of hydrogen-bond acceptors (Lipinski definition) is 5. The first-order valence-electron chi connectivity index (χ1n) is 8.51. The Morgan fingerprint density at radius 1 is 1.19 bits per heavy atom. The minimum atomic E-state index is -0.271. The van der Waals surface area contributed by atoms with Crippen LogP contribution in [0.4, 0.5) is 0 Å². The van der Waals surface area contributed by atoms with Crippen molar-refractivity contribution >= 4 is 28.7 Å². The van der Waals surface area contributed by atoms with E-state index in [9.17, 15) is 4.79 Å². The van der Waals surface area contributed by atoms with Crippen LogP contribution in [0.25, 0.3) is 11.0 Å². The molecule has 6 nitrogen and oxygen atoms in total. The molecule has 1 atom stereocenters. The van der Waals surface area contributed by atoms with Gasteiger partial charge in [-0.25, -0.2) is 15.0 Å². The molecule has 0 saturated carbocycles. The number of nitrogens with zero attached hydrogens (tertiary/aromatic N) is 4. The number of aromatic nitrogens is 4. The van der Waals surface area contributed by atoms with Crippen LogP contribution in [0.1, 0.15) is 29.7 Å².